The molecule has 0 aromatic heterocycles. The van der Waals surface area contributed by atoms with E-state index in [0.717, 1.165) is 18.6 Å². The van der Waals surface area contributed by atoms with E-state index in [-0.39, 0.29) is 18.0 Å². The first-order valence-electron chi connectivity index (χ1n) is 5.41. The molecule has 20 heavy (non-hydrogen) atoms. The van der Waals surface area contributed by atoms with Crippen molar-refractivity contribution < 1.29 is 21.8 Å². The quantitative estimate of drug-likeness (QED) is 0.596. The molecule has 0 amide bonds. The molecule has 1 aromatic carbocycles. The number of hydrogen-bond donors (Lipinski definition) is 1. The van der Waals surface area contributed by atoms with Crippen molar-refractivity contribution in [3.05, 3.63) is 28.3 Å². The third-order valence-electron chi connectivity index (χ3n) is 2.37. The zero-order chi connectivity index (χ0) is 15.6. The Balaban J connectivity index is 3.18. The van der Waals surface area contributed by atoms with E-state index in [2.05, 4.69) is 5.32 Å². The number of para-hydroxylation sites is 1. The van der Waals surface area contributed by atoms with Crippen LogP contribution in [0.1, 0.15) is 0 Å². The third kappa shape index (κ3) is 4.46. The van der Waals surface area contributed by atoms with Gasteiger partial charge in [0.05, 0.1) is 10.7 Å². The molecule has 0 atom stereocenters. The molecule has 0 aliphatic heterocycles. The van der Waals surface area contributed by atoms with Crippen molar-refractivity contribution in [3.8, 4) is 0 Å². The maximum absolute atomic E-state index is 11.5. The molecule has 1 N–H and O–H groups in total. The fourth-order valence-corrected chi connectivity index (χ4v) is 2.86. The zero-order valence-electron chi connectivity index (χ0n) is 10.9. The summed E-state index contributed by atoms with van der Waals surface area (Å²) in [6.07, 6.45) is 1.91. The highest BCUT2D eigenvalue weighted by molar-refractivity contribution is 7.91. The van der Waals surface area contributed by atoms with Crippen LogP contribution in [-0.4, -0.2) is 46.6 Å². The van der Waals surface area contributed by atoms with Gasteiger partial charge in [-0.1, -0.05) is 6.07 Å². The van der Waals surface area contributed by atoms with Crippen molar-refractivity contribution in [3.63, 3.8) is 0 Å². The van der Waals surface area contributed by atoms with Crippen LogP contribution < -0.4 is 5.32 Å². The maximum atomic E-state index is 11.5. The minimum absolute atomic E-state index is 0.0263. The largest absolute Gasteiger partial charge is 0.378 e. The number of nitro groups is 1. The molecule has 0 fully saturated rings. The summed E-state index contributed by atoms with van der Waals surface area (Å²) >= 11 is 0. The van der Waals surface area contributed by atoms with Gasteiger partial charge in [0, 0.05) is 19.1 Å². The van der Waals surface area contributed by atoms with E-state index >= 15 is 0 Å². The van der Waals surface area contributed by atoms with Gasteiger partial charge >= 0.3 is 5.69 Å². The van der Waals surface area contributed by atoms with Gasteiger partial charge in [-0.05, 0) is 12.1 Å². The number of rotatable bonds is 6. The number of nitrogens with one attached hydrogen (secondary N) is 1. The van der Waals surface area contributed by atoms with Gasteiger partial charge in [-0.2, -0.15) is 0 Å². The second-order valence-corrected chi connectivity index (χ2v) is 8.48. The maximum Gasteiger partial charge on any atom is 0.310 e. The molecule has 0 saturated heterocycles. The number of anilines is 1. The molecule has 1 aromatic rings. The minimum atomic E-state index is -3.75. The summed E-state index contributed by atoms with van der Waals surface area (Å²) in [4.78, 5) is 9.82. The van der Waals surface area contributed by atoms with Crippen LogP contribution in [0.4, 0.5) is 11.4 Å². The molecule has 112 valence electrons. The van der Waals surface area contributed by atoms with E-state index in [1.165, 1.54) is 12.1 Å². The Bertz CT molecular complexity index is 724. The van der Waals surface area contributed by atoms with Crippen molar-refractivity contribution in [1.82, 2.24) is 0 Å². The predicted molar refractivity (Wildman–Crippen MR) is 74.4 cm³/mol. The Morgan fingerprint density at radius 3 is 2.25 bits per heavy atom. The number of sulfone groups is 2. The van der Waals surface area contributed by atoms with Crippen LogP contribution in [0, 0.1) is 10.1 Å². The van der Waals surface area contributed by atoms with Gasteiger partial charge in [-0.25, -0.2) is 16.8 Å². The molecule has 0 saturated carbocycles. The molecule has 8 nitrogen and oxygen atoms in total. The third-order valence-corrected chi connectivity index (χ3v) is 4.44. The molecule has 0 bridgehead atoms. The number of benzene rings is 1. The molecule has 1 rings (SSSR count). The van der Waals surface area contributed by atoms with E-state index in [1.807, 2.05) is 0 Å². The van der Waals surface area contributed by atoms with E-state index in [9.17, 15) is 26.9 Å². The van der Waals surface area contributed by atoms with E-state index in [0.29, 0.717) is 0 Å². The summed E-state index contributed by atoms with van der Waals surface area (Å²) in [5, 5.41) is 13.6. The Hall–Kier alpha value is -1.68. The van der Waals surface area contributed by atoms with Crippen LogP contribution in [0.5, 0.6) is 0 Å². The average molecular weight is 322 g/mol. The molecular weight excluding hydrogens is 308 g/mol. The minimum Gasteiger partial charge on any atom is -0.378 e. The smallest absolute Gasteiger partial charge is 0.310 e. The SMILES string of the molecule is CS(=O)(=O)CCNc1cccc(S(C)(=O)=O)c1[N+](=O)[O-]. The van der Waals surface area contributed by atoms with Gasteiger partial charge in [-0.3, -0.25) is 10.1 Å². The number of hydrogen-bond acceptors (Lipinski definition) is 7. The van der Waals surface area contributed by atoms with Gasteiger partial charge in [0.15, 0.2) is 9.84 Å². The lowest BCUT2D eigenvalue weighted by atomic mass is 10.2. The fraction of sp³-hybridized carbons (Fsp3) is 0.400. The van der Waals surface area contributed by atoms with Crippen molar-refractivity contribution >= 4 is 31.0 Å². The monoisotopic (exact) mass is 322 g/mol. The molecule has 0 radical (unpaired) electrons. The first-order chi connectivity index (χ1) is 9.02. The highest BCUT2D eigenvalue weighted by Crippen LogP contribution is 2.31. The number of nitro benzene ring substituents is 1. The fourth-order valence-electron chi connectivity index (χ4n) is 1.52. The van der Waals surface area contributed by atoms with E-state index < -0.39 is 35.2 Å². The lowest BCUT2D eigenvalue weighted by Crippen LogP contribution is -2.15. The normalized spacial score (nSPS) is 12.1. The highest BCUT2D eigenvalue weighted by atomic mass is 32.2. The molecule has 0 heterocycles. The summed E-state index contributed by atoms with van der Waals surface area (Å²) in [5.74, 6) is -0.215. The molecule has 0 aliphatic carbocycles. The summed E-state index contributed by atoms with van der Waals surface area (Å²) in [6, 6.07) is 3.82. The average Bonchev–Trinajstić information content (AvgIpc) is 2.25. The second-order valence-electron chi connectivity index (χ2n) is 4.24. The van der Waals surface area contributed by atoms with Crippen molar-refractivity contribution in [2.24, 2.45) is 0 Å². The number of nitrogens with zero attached hydrogens (tertiary/aromatic N) is 1. The Kier molecular flexibility index (Phi) is 4.71. The van der Waals surface area contributed by atoms with Crippen LogP contribution in [-0.2, 0) is 19.7 Å². The molecule has 0 spiro atoms. The van der Waals surface area contributed by atoms with Crippen molar-refractivity contribution in [1.29, 1.82) is 0 Å². The Morgan fingerprint density at radius 1 is 1.20 bits per heavy atom. The Labute approximate surface area is 116 Å². The summed E-state index contributed by atoms with van der Waals surface area (Å²) in [7, 11) is -6.97. The molecule has 0 aliphatic rings. The summed E-state index contributed by atoms with van der Waals surface area (Å²) in [5.41, 5.74) is -0.606. The lowest BCUT2D eigenvalue weighted by molar-refractivity contribution is -0.386. The van der Waals surface area contributed by atoms with Gasteiger partial charge in [0.1, 0.15) is 20.4 Å². The Morgan fingerprint density at radius 2 is 1.80 bits per heavy atom. The lowest BCUT2D eigenvalue weighted by Gasteiger charge is -2.08. The van der Waals surface area contributed by atoms with Gasteiger partial charge < -0.3 is 5.32 Å². The molecule has 0 unspecified atom stereocenters. The molecular formula is C10H14N2O6S2. The molecule has 10 heteroatoms. The summed E-state index contributed by atoms with van der Waals surface area (Å²) < 4.78 is 45.0. The summed E-state index contributed by atoms with van der Waals surface area (Å²) in [6.45, 7) is -0.0487. The van der Waals surface area contributed by atoms with Crippen LogP contribution in [0.25, 0.3) is 0 Å². The van der Waals surface area contributed by atoms with Gasteiger partial charge in [-0.15, -0.1) is 0 Å². The standard InChI is InChI=1S/C10H14N2O6S2/c1-19(15,16)7-6-11-8-4-3-5-9(20(2,17)18)10(8)12(13)14/h3-5,11H,6-7H2,1-2H3. The van der Waals surface area contributed by atoms with E-state index in [4.69, 9.17) is 0 Å². The van der Waals surface area contributed by atoms with Gasteiger partial charge in [0.25, 0.3) is 0 Å². The van der Waals surface area contributed by atoms with Crippen LogP contribution in [0.2, 0.25) is 0 Å². The first kappa shape index (κ1) is 16.4. The van der Waals surface area contributed by atoms with Crippen molar-refractivity contribution in [2.75, 3.05) is 30.1 Å². The van der Waals surface area contributed by atoms with Gasteiger partial charge in [0.2, 0.25) is 0 Å². The van der Waals surface area contributed by atoms with Crippen molar-refractivity contribution in [2.45, 2.75) is 4.90 Å². The first-order valence-corrected chi connectivity index (χ1v) is 9.36. The van der Waals surface area contributed by atoms with Crippen LogP contribution in [0.15, 0.2) is 23.1 Å². The highest BCUT2D eigenvalue weighted by Gasteiger charge is 2.25. The van der Waals surface area contributed by atoms with E-state index in [1.54, 1.807) is 0 Å². The van der Waals surface area contributed by atoms with Crippen LogP contribution >= 0.6 is 0 Å². The zero-order valence-corrected chi connectivity index (χ0v) is 12.5. The second kappa shape index (κ2) is 5.75. The van der Waals surface area contributed by atoms with Crippen LogP contribution in [0.3, 0.4) is 0 Å². The topological polar surface area (TPSA) is 123 Å². The predicted octanol–water partition coefficient (Wildman–Crippen LogP) is 0.455.